The van der Waals surface area contributed by atoms with Crippen LogP contribution in [-0.4, -0.2) is 18.2 Å². The fraction of sp³-hybridized carbons (Fsp3) is 0.462. The van der Waals surface area contributed by atoms with Crippen molar-refractivity contribution in [1.29, 1.82) is 0 Å². The minimum Gasteiger partial charge on any atom is -0.496 e. The molecule has 3 nitrogen and oxygen atoms in total. The van der Waals surface area contributed by atoms with Crippen LogP contribution in [0.25, 0.3) is 0 Å². The first-order chi connectivity index (χ1) is 7.88. The minimum atomic E-state index is -0.788. The maximum atomic E-state index is 10.9. The highest BCUT2D eigenvalue weighted by Crippen LogP contribution is 2.33. The average Bonchev–Trinajstić information content (AvgIpc) is 2.25. The molecule has 94 valence electrons. The maximum Gasteiger partial charge on any atom is 0.306 e. The number of carbonyl (C=O) groups is 1. The van der Waals surface area contributed by atoms with Crippen molar-refractivity contribution in [3.63, 3.8) is 0 Å². The topological polar surface area (TPSA) is 46.5 Å². The molecule has 17 heavy (non-hydrogen) atoms. The van der Waals surface area contributed by atoms with Crippen molar-refractivity contribution in [2.45, 2.75) is 27.2 Å². The molecule has 0 spiro atoms. The van der Waals surface area contributed by atoms with Gasteiger partial charge in [0.05, 0.1) is 13.0 Å². The lowest BCUT2D eigenvalue weighted by Gasteiger charge is -2.17. The quantitative estimate of drug-likeness (QED) is 0.928. The van der Waals surface area contributed by atoms with Crippen LogP contribution >= 0.6 is 15.9 Å². The van der Waals surface area contributed by atoms with E-state index in [1.54, 1.807) is 14.0 Å². The Morgan fingerprint density at radius 1 is 1.53 bits per heavy atom. The predicted molar refractivity (Wildman–Crippen MR) is 70.7 cm³/mol. The van der Waals surface area contributed by atoms with Gasteiger partial charge in [-0.1, -0.05) is 22.9 Å². The highest BCUT2D eigenvalue weighted by atomic mass is 79.9. The minimum absolute atomic E-state index is 0.420. The lowest BCUT2D eigenvalue weighted by atomic mass is 9.94. The van der Waals surface area contributed by atoms with Crippen LogP contribution in [0.4, 0.5) is 0 Å². The van der Waals surface area contributed by atoms with Crippen molar-refractivity contribution in [1.82, 2.24) is 0 Å². The van der Waals surface area contributed by atoms with Crippen molar-refractivity contribution in [2.24, 2.45) is 5.92 Å². The van der Waals surface area contributed by atoms with Crippen LogP contribution in [0, 0.1) is 19.8 Å². The number of carboxylic acid groups (broad SMARTS) is 1. The fourth-order valence-corrected chi connectivity index (χ4v) is 2.42. The van der Waals surface area contributed by atoms with E-state index in [0.717, 1.165) is 26.9 Å². The third-order valence-electron chi connectivity index (χ3n) is 2.92. The van der Waals surface area contributed by atoms with Gasteiger partial charge in [-0.3, -0.25) is 4.79 Å². The number of hydrogen-bond acceptors (Lipinski definition) is 2. The Bertz CT molecular complexity index is 441. The van der Waals surface area contributed by atoms with Gasteiger partial charge in [0.25, 0.3) is 0 Å². The SMILES string of the molecule is COc1c(C)cc(Br)c(C)c1CC(C)C(=O)O. The molecule has 0 amide bonds. The van der Waals surface area contributed by atoms with Gasteiger partial charge in [0, 0.05) is 4.47 Å². The van der Waals surface area contributed by atoms with Crippen LogP contribution in [0.5, 0.6) is 5.75 Å². The van der Waals surface area contributed by atoms with E-state index in [1.807, 2.05) is 19.9 Å². The number of benzene rings is 1. The van der Waals surface area contributed by atoms with Gasteiger partial charge < -0.3 is 9.84 Å². The van der Waals surface area contributed by atoms with E-state index in [1.165, 1.54) is 0 Å². The van der Waals surface area contributed by atoms with Crippen LogP contribution in [0.3, 0.4) is 0 Å². The van der Waals surface area contributed by atoms with Crippen LogP contribution in [0.15, 0.2) is 10.5 Å². The van der Waals surface area contributed by atoms with Crippen molar-refractivity contribution in [2.75, 3.05) is 7.11 Å². The Labute approximate surface area is 110 Å². The Balaban J connectivity index is 3.25. The van der Waals surface area contributed by atoms with Gasteiger partial charge in [0.1, 0.15) is 5.75 Å². The molecule has 0 aliphatic heterocycles. The molecular formula is C13H17BrO3. The highest BCUT2D eigenvalue weighted by Gasteiger charge is 2.19. The zero-order valence-corrected chi connectivity index (χ0v) is 12.1. The number of carboxylic acids is 1. The molecule has 0 aliphatic carbocycles. The number of ether oxygens (including phenoxy) is 1. The summed E-state index contributed by atoms with van der Waals surface area (Å²) in [4.78, 5) is 10.9. The molecule has 0 saturated carbocycles. The normalized spacial score (nSPS) is 12.3. The average molecular weight is 301 g/mol. The van der Waals surface area contributed by atoms with Crippen LogP contribution in [0.1, 0.15) is 23.6 Å². The molecule has 0 saturated heterocycles. The summed E-state index contributed by atoms with van der Waals surface area (Å²) in [6.07, 6.45) is 0.477. The molecule has 1 rings (SSSR count). The van der Waals surface area contributed by atoms with Gasteiger partial charge in [-0.2, -0.15) is 0 Å². The molecule has 1 atom stereocenters. The lowest BCUT2D eigenvalue weighted by molar-refractivity contribution is -0.141. The van der Waals surface area contributed by atoms with Crippen molar-refractivity contribution in [3.05, 3.63) is 27.2 Å². The second kappa shape index (κ2) is 5.54. The summed E-state index contributed by atoms with van der Waals surface area (Å²) in [6.45, 7) is 5.63. The smallest absolute Gasteiger partial charge is 0.306 e. The zero-order chi connectivity index (χ0) is 13.2. The monoisotopic (exact) mass is 300 g/mol. The van der Waals surface area contributed by atoms with E-state index in [-0.39, 0.29) is 0 Å². The first-order valence-electron chi connectivity index (χ1n) is 5.43. The van der Waals surface area contributed by atoms with E-state index in [4.69, 9.17) is 9.84 Å². The van der Waals surface area contributed by atoms with E-state index < -0.39 is 11.9 Å². The third kappa shape index (κ3) is 3.00. The van der Waals surface area contributed by atoms with E-state index in [0.29, 0.717) is 6.42 Å². The van der Waals surface area contributed by atoms with Gasteiger partial charge in [0.2, 0.25) is 0 Å². The van der Waals surface area contributed by atoms with E-state index in [2.05, 4.69) is 15.9 Å². The number of aliphatic carboxylic acids is 1. The summed E-state index contributed by atoms with van der Waals surface area (Å²) in [7, 11) is 1.62. The van der Waals surface area contributed by atoms with Crippen molar-refractivity contribution < 1.29 is 14.6 Å². The van der Waals surface area contributed by atoms with Gasteiger partial charge in [0.15, 0.2) is 0 Å². The largest absolute Gasteiger partial charge is 0.496 e. The Hall–Kier alpha value is -1.03. The zero-order valence-electron chi connectivity index (χ0n) is 10.5. The molecule has 1 aromatic rings. The second-order valence-corrected chi connectivity index (χ2v) is 5.11. The summed E-state index contributed by atoms with van der Waals surface area (Å²) < 4.78 is 6.37. The second-order valence-electron chi connectivity index (χ2n) is 4.26. The van der Waals surface area contributed by atoms with Crippen LogP contribution < -0.4 is 4.74 Å². The number of aryl methyl sites for hydroxylation is 1. The first kappa shape index (κ1) is 14.0. The van der Waals surface area contributed by atoms with E-state index in [9.17, 15) is 4.79 Å². The first-order valence-corrected chi connectivity index (χ1v) is 6.23. The molecule has 0 bridgehead atoms. The number of rotatable bonds is 4. The summed E-state index contributed by atoms with van der Waals surface area (Å²) in [5.74, 6) is -0.417. The van der Waals surface area contributed by atoms with Crippen LogP contribution in [0.2, 0.25) is 0 Å². The van der Waals surface area contributed by atoms with E-state index >= 15 is 0 Å². The van der Waals surface area contributed by atoms with Gasteiger partial charge in [-0.15, -0.1) is 0 Å². The number of hydrogen-bond donors (Lipinski definition) is 1. The summed E-state index contributed by atoms with van der Waals surface area (Å²) >= 11 is 3.48. The highest BCUT2D eigenvalue weighted by molar-refractivity contribution is 9.10. The molecular weight excluding hydrogens is 284 g/mol. The Morgan fingerprint density at radius 2 is 2.12 bits per heavy atom. The number of halogens is 1. The third-order valence-corrected chi connectivity index (χ3v) is 3.75. The molecule has 4 heteroatoms. The fourth-order valence-electron chi connectivity index (χ4n) is 1.84. The lowest BCUT2D eigenvalue weighted by Crippen LogP contribution is -2.14. The molecule has 1 aromatic carbocycles. The summed E-state index contributed by atoms with van der Waals surface area (Å²) in [5, 5.41) is 8.98. The number of methoxy groups -OCH3 is 1. The van der Waals surface area contributed by atoms with Crippen molar-refractivity contribution >= 4 is 21.9 Å². The standard InChI is InChI=1S/C13H17BrO3/c1-7-6-11(14)9(3)10(12(7)17-4)5-8(2)13(15)16/h6,8H,5H2,1-4H3,(H,15,16). The molecule has 0 aliphatic rings. The summed E-state index contributed by atoms with van der Waals surface area (Å²) in [6, 6.07) is 1.99. The van der Waals surface area contributed by atoms with Gasteiger partial charge >= 0.3 is 5.97 Å². The Morgan fingerprint density at radius 3 is 2.59 bits per heavy atom. The van der Waals surface area contributed by atoms with Gasteiger partial charge in [-0.25, -0.2) is 0 Å². The summed E-state index contributed by atoms with van der Waals surface area (Å²) in [5.41, 5.74) is 3.02. The molecule has 0 heterocycles. The van der Waals surface area contributed by atoms with Crippen molar-refractivity contribution in [3.8, 4) is 5.75 Å². The molecule has 0 fully saturated rings. The maximum absolute atomic E-state index is 10.9. The molecule has 0 aromatic heterocycles. The molecule has 1 unspecified atom stereocenters. The Kier molecular flexibility index (Phi) is 4.57. The molecule has 0 radical (unpaired) electrons. The molecule has 1 N–H and O–H groups in total. The van der Waals surface area contributed by atoms with Gasteiger partial charge in [-0.05, 0) is 43.0 Å². The van der Waals surface area contributed by atoms with Crippen LogP contribution in [-0.2, 0) is 11.2 Å². The predicted octanol–water partition coefficient (Wildman–Crippen LogP) is 3.34.